The second-order valence-electron chi connectivity index (χ2n) is 3.39. The molecule has 1 aliphatic carbocycles. The molecular formula is C12H8FN. The average Bonchev–Trinajstić information content (AvgIpc) is 2.57. The highest BCUT2D eigenvalue weighted by atomic mass is 19.1. The standard InChI is InChI=1S/C12H8FN/c13-9-5-3-7-11-12(9)8-4-1-2-6-10(8)14-11/h1,3-7H,2H2. The van der Waals surface area contributed by atoms with E-state index in [2.05, 4.69) is 4.99 Å². The summed E-state index contributed by atoms with van der Waals surface area (Å²) in [5, 5.41) is 1.40. The third-order valence-corrected chi connectivity index (χ3v) is 2.51. The van der Waals surface area contributed by atoms with Crippen LogP contribution in [0.3, 0.4) is 0 Å². The molecule has 0 spiro atoms. The molecule has 0 atom stereocenters. The Kier molecular flexibility index (Phi) is 1.45. The SMILES string of the molecule is Fc1cccc2c1=C1C=CCC=C1N=2. The molecule has 1 nitrogen and oxygen atoms in total. The number of benzene rings is 1. The zero-order valence-corrected chi connectivity index (χ0v) is 7.50. The normalized spacial score (nSPS) is 17.2. The number of halogens is 1. The highest BCUT2D eigenvalue weighted by Crippen LogP contribution is 2.20. The molecule has 0 amide bonds. The predicted octanol–water partition coefficient (Wildman–Crippen LogP) is 1.45. The zero-order valence-electron chi connectivity index (χ0n) is 7.50. The van der Waals surface area contributed by atoms with Gasteiger partial charge < -0.3 is 0 Å². The van der Waals surface area contributed by atoms with E-state index in [4.69, 9.17) is 0 Å². The lowest BCUT2D eigenvalue weighted by molar-refractivity contribution is 0.617. The maximum Gasteiger partial charge on any atom is 0.133 e. The molecule has 0 radical (unpaired) electrons. The Morgan fingerprint density at radius 2 is 2.21 bits per heavy atom. The van der Waals surface area contributed by atoms with Crippen LogP contribution >= 0.6 is 0 Å². The number of nitrogens with zero attached hydrogens (tertiary/aromatic N) is 1. The topological polar surface area (TPSA) is 12.4 Å². The van der Waals surface area contributed by atoms with Crippen molar-refractivity contribution in [3.05, 3.63) is 58.5 Å². The first-order valence-corrected chi connectivity index (χ1v) is 4.61. The van der Waals surface area contributed by atoms with Crippen LogP contribution in [0.5, 0.6) is 0 Å². The van der Waals surface area contributed by atoms with E-state index in [0.29, 0.717) is 5.22 Å². The molecule has 0 aromatic heterocycles. The van der Waals surface area contributed by atoms with Crippen LogP contribution in [0, 0.1) is 5.82 Å². The molecule has 2 aliphatic rings. The summed E-state index contributed by atoms with van der Waals surface area (Å²) in [6, 6.07) is 5.02. The second kappa shape index (κ2) is 2.64. The summed E-state index contributed by atoms with van der Waals surface area (Å²) in [5.74, 6) is -0.184. The van der Waals surface area contributed by atoms with Crippen molar-refractivity contribution in [2.75, 3.05) is 0 Å². The molecule has 1 aliphatic heterocycles. The van der Waals surface area contributed by atoms with Crippen molar-refractivity contribution < 1.29 is 4.39 Å². The number of hydrogen-bond acceptors (Lipinski definition) is 1. The van der Waals surface area contributed by atoms with Crippen molar-refractivity contribution in [1.82, 2.24) is 0 Å². The van der Waals surface area contributed by atoms with Crippen LogP contribution in [-0.4, -0.2) is 0 Å². The summed E-state index contributed by atoms with van der Waals surface area (Å²) in [6.45, 7) is 0. The Labute approximate surface area is 80.6 Å². The second-order valence-corrected chi connectivity index (χ2v) is 3.39. The number of rotatable bonds is 0. The van der Waals surface area contributed by atoms with Gasteiger partial charge in [-0.1, -0.05) is 24.3 Å². The van der Waals surface area contributed by atoms with Gasteiger partial charge in [0.25, 0.3) is 0 Å². The van der Waals surface area contributed by atoms with Crippen LogP contribution in [0.2, 0.25) is 0 Å². The van der Waals surface area contributed by atoms with E-state index >= 15 is 0 Å². The highest BCUT2D eigenvalue weighted by Gasteiger charge is 2.14. The summed E-state index contributed by atoms with van der Waals surface area (Å²) in [6.07, 6.45) is 6.89. The highest BCUT2D eigenvalue weighted by molar-refractivity contribution is 5.75. The lowest BCUT2D eigenvalue weighted by Gasteiger charge is -2.02. The summed E-state index contributed by atoms with van der Waals surface area (Å²) in [5.41, 5.74) is 1.83. The summed E-state index contributed by atoms with van der Waals surface area (Å²) in [7, 11) is 0. The average molecular weight is 185 g/mol. The first-order chi connectivity index (χ1) is 6.86. The summed E-state index contributed by atoms with van der Waals surface area (Å²) < 4.78 is 13.5. The largest absolute Gasteiger partial charge is 0.248 e. The maximum absolute atomic E-state index is 13.5. The first-order valence-electron chi connectivity index (χ1n) is 4.61. The van der Waals surface area contributed by atoms with Crippen molar-refractivity contribution in [2.45, 2.75) is 6.42 Å². The molecule has 1 aromatic rings. The van der Waals surface area contributed by atoms with Gasteiger partial charge in [-0.2, -0.15) is 0 Å². The van der Waals surface area contributed by atoms with Gasteiger partial charge in [0.05, 0.1) is 11.1 Å². The summed E-state index contributed by atoms with van der Waals surface area (Å²) >= 11 is 0. The van der Waals surface area contributed by atoms with Crippen LogP contribution in [0.15, 0.2) is 47.1 Å². The fourth-order valence-corrected chi connectivity index (χ4v) is 1.88. The van der Waals surface area contributed by atoms with E-state index in [1.165, 1.54) is 6.07 Å². The van der Waals surface area contributed by atoms with Gasteiger partial charge in [-0.15, -0.1) is 0 Å². The van der Waals surface area contributed by atoms with Gasteiger partial charge in [0, 0.05) is 10.8 Å². The molecule has 14 heavy (non-hydrogen) atoms. The first kappa shape index (κ1) is 7.68. The molecule has 0 fully saturated rings. The molecule has 0 N–H and O–H groups in total. The Hall–Kier alpha value is -1.70. The van der Waals surface area contributed by atoms with Crippen molar-refractivity contribution in [1.29, 1.82) is 0 Å². The fraction of sp³-hybridized carbons (Fsp3) is 0.0833. The van der Waals surface area contributed by atoms with E-state index in [1.54, 1.807) is 6.07 Å². The van der Waals surface area contributed by atoms with Gasteiger partial charge in [0.1, 0.15) is 5.82 Å². The fourth-order valence-electron chi connectivity index (χ4n) is 1.88. The smallest absolute Gasteiger partial charge is 0.133 e. The van der Waals surface area contributed by atoms with E-state index in [1.807, 2.05) is 24.3 Å². The molecule has 0 unspecified atom stereocenters. The Bertz CT molecular complexity index is 579. The van der Waals surface area contributed by atoms with Crippen molar-refractivity contribution in [3.8, 4) is 0 Å². The quantitative estimate of drug-likeness (QED) is 0.580. The molecule has 0 bridgehead atoms. The van der Waals surface area contributed by atoms with Gasteiger partial charge in [-0.25, -0.2) is 9.38 Å². The van der Waals surface area contributed by atoms with Crippen LogP contribution in [-0.2, 0) is 0 Å². The van der Waals surface area contributed by atoms with Gasteiger partial charge in [-0.05, 0) is 18.6 Å². The Morgan fingerprint density at radius 1 is 1.29 bits per heavy atom. The summed E-state index contributed by atoms with van der Waals surface area (Å²) in [4.78, 5) is 4.37. The molecule has 1 heterocycles. The van der Waals surface area contributed by atoms with Gasteiger partial charge in [-0.3, -0.25) is 0 Å². The number of hydrogen-bond donors (Lipinski definition) is 0. The lowest BCUT2D eigenvalue weighted by atomic mass is 10.1. The zero-order chi connectivity index (χ0) is 9.54. The molecule has 68 valence electrons. The molecule has 0 saturated heterocycles. The van der Waals surface area contributed by atoms with Crippen LogP contribution in [0.4, 0.5) is 4.39 Å². The van der Waals surface area contributed by atoms with E-state index in [-0.39, 0.29) is 5.82 Å². The molecule has 1 aromatic carbocycles. The number of allylic oxidation sites excluding steroid dienone is 3. The van der Waals surface area contributed by atoms with Crippen LogP contribution in [0.1, 0.15) is 6.42 Å². The van der Waals surface area contributed by atoms with Gasteiger partial charge in [0.15, 0.2) is 0 Å². The minimum absolute atomic E-state index is 0.184. The lowest BCUT2D eigenvalue weighted by Crippen LogP contribution is -2.26. The Balaban J connectivity index is 2.53. The molecule has 0 saturated carbocycles. The van der Waals surface area contributed by atoms with Crippen molar-refractivity contribution in [3.63, 3.8) is 0 Å². The molecule has 2 heteroatoms. The minimum atomic E-state index is -0.184. The maximum atomic E-state index is 13.5. The van der Waals surface area contributed by atoms with Crippen LogP contribution < -0.4 is 10.6 Å². The predicted molar refractivity (Wildman–Crippen MR) is 52.4 cm³/mol. The third-order valence-electron chi connectivity index (χ3n) is 2.51. The van der Waals surface area contributed by atoms with Crippen molar-refractivity contribution >= 4 is 5.57 Å². The Morgan fingerprint density at radius 3 is 3.14 bits per heavy atom. The monoisotopic (exact) mass is 185 g/mol. The molecule has 3 rings (SSSR count). The van der Waals surface area contributed by atoms with Gasteiger partial charge in [0.2, 0.25) is 0 Å². The van der Waals surface area contributed by atoms with E-state index < -0.39 is 0 Å². The van der Waals surface area contributed by atoms with E-state index in [9.17, 15) is 4.39 Å². The molecular weight excluding hydrogens is 177 g/mol. The van der Waals surface area contributed by atoms with Gasteiger partial charge >= 0.3 is 0 Å². The third kappa shape index (κ3) is 0.909. The minimum Gasteiger partial charge on any atom is -0.248 e. The number of fused-ring (bicyclic) bond motifs is 2. The van der Waals surface area contributed by atoms with E-state index in [0.717, 1.165) is 23.0 Å². The van der Waals surface area contributed by atoms with Crippen molar-refractivity contribution in [2.24, 2.45) is 4.99 Å². The van der Waals surface area contributed by atoms with Crippen LogP contribution in [0.25, 0.3) is 5.57 Å².